The predicted octanol–water partition coefficient (Wildman–Crippen LogP) is 13.0. The number of carbonyl (C=O) groups is 2. The van der Waals surface area contributed by atoms with Crippen LogP contribution in [-0.2, 0) is 0 Å². The Morgan fingerprint density at radius 1 is 0.576 bits per heavy atom. The highest BCUT2D eigenvalue weighted by Crippen LogP contribution is 2.42. The molecule has 2 amide bonds. The van der Waals surface area contributed by atoms with Crippen molar-refractivity contribution >= 4 is 97.4 Å². The first-order chi connectivity index (χ1) is 31.9. The summed E-state index contributed by atoms with van der Waals surface area (Å²) >= 11 is 13.4. The molecular formula is C49H33Cl2N9O6. The van der Waals surface area contributed by atoms with Gasteiger partial charge < -0.3 is 10.2 Å². The first kappa shape index (κ1) is 44.0. The molecule has 15 nitrogen and oxygen atoms in total. The van der Waals surface area contributed by atoms with Gasteiger partial charge in [0.1, 0.15) is 22.7 Å². The van der Waals surface area contributed by atoms with Crippen molar-refractivity contribution in [2.24, 2.45) is 30.7 Å². The molecule has 0 heterocycles. The van der Waals surface area contributed by atoms with E-state index in [1.165, 1.54) is 36.7 Å². The number of phenols is 2. The summed E-state index contributed by atoms with van der Waals surface area (Å²) in [5.74, 6) is -2.24. The number of halogens is 2. The molecular weight excluding hydrogens is 882 g/mol. The summed E-state index contributed by atoms with van der Waals surface area (Å²) in [4.78, 5) is 37.0. The topological polar surface area (TPSA) is 216 Å². The number of nitrogens with one attached hydrogen (secondary N) is 2. The standard InChI is InChI=1S/C49H33Cl2N9O6/c1-28-8-6-9-29(20-28)26-52-58-48(63)38-22-33-11-2-4-14-36(33)44(46(38)61)56-54-42-18-16-31(24-40(42)50)32-17-19-43(41(51)25-32)55-57-45-37-15-5-3-12-34(37)23-39(47(45)62)49(64)59-53-27-30-10-7-13-35(21-30)60(65)66/h2-27,61-62H,1H3,(H,58,63)(H,59,64)/b52-26+,53-27+,56-54?,57-55?. The van der Waals surface area contributed by atoms with Gasteiger partial charge in [-0.15, -0.1) is 20.5 Å². The van der Waals surface area contributed by atoms with E-state index in [2.05, 4.69) is 41.5 Å². The number of benzene rings is 8. The third-order valence-corrected chi connectivity index (χ3v) is 10.7. The van der Waals surface area contributed by atoms with Crippen LogP contribution in [0.3, 0.4) is 0 Å². The van der Waals surface area contributed by atoms with Crippen LogP contribution in [0.2, 0.25) is 10.0 Å². The number of nitrogens with zero attached hydrogens (tertiary/aromatic N) is 7. The lowest BCUT2D eigenvalue weighted by Gasteiger charge is -2.10. The lowest BCUT2D eigenvalue weighted by Crippen LogP contribution is -2.17. The van der Waals surface area contributed by atoms with E-state index in [9.17, 15) is 29.9 Å². The molecule has 0 unspecified atom stereocenters. The largest absolute Gasteiger partial charge is 0.505 e. The summed E-state index contributed by atoms with van der Waals surface area (Å²) in [6, 6.07) is 40.6. The molecule has 0 aliphatic rings. The molecule has 0 aliphatic heterocycles. The highest BCUT2D eigenvalue weighted by Gasteiger charge is 2.20. The number of hydrogen-bond donors (Lipinski definition) is 4. The van der Waals surface area contributed by atoms with Crippen molar-refractivity contribution in [1.82, 2.24) is 10.9 Å². The third-order valence-electron chi connectivity index (χ3n) is 10.1. The molecule has 8 aromatic rings. The zero-order chi connectivity index (χ0) is 46.3. The molecule has 0 fully saturated rings. The van der Waals surface area contributed by atoms with Gasteiger partial charge in [0.2, 0.25) is 0 Å². The Kier molecular flexibility index (Phi) is 12.9. The molecule has 0 saturated heterocycles. The second kappa shape index (κ2) is 19.4. The van der Waals surface area contributed by atoms with Crippen LogP contribution >= 0.6 is 23.2 Å². The van der Waals surface area contributed by atoms with E-state index in [4.69, 9.17) is 23.2 Å². The van der Waals surface area contributed by atoms with Crippen LogP contribution in [-0.4, -0.2) is 39.4 Å². The van der Waals surface area contributed by atoms with Crippen molar-refractivity contribution in [1.29, 1.82) is 0 Å². The number of hydrazone groups is 2. The number of nitro benzene ring substituents is 1. The van der Waals surface area contributed by atoms with E-state index < -0.39 is 22.5 Å². The molecule has 17 heteroatoms. The van der Waals surface area contributed by atoms with Crippen LogP contribution in [0.25, 0.3) is 32.7 Å². The number of azo groups is 2. The lowest BCUT2D eigenvalue weighted by atomic mass is 10.0. The molecule has 8 rings (SSSR count). The van der Waals surface area contributed by atoms with Crippen molar-refractivity contribution in [2.45, 2.75) is 6.92 Å². The van der Waals surface area contributed by atoms with E-state index in [-0.39, 0.29) is 55.4 Å². The Labute approximate surface area is 385 Å². The Morgan fingerprint density at radius 3 is 1.52 bits per heavy atom. The maximum atomic E-state index is 13.2. The van der Waals surface area contributed by atoms with Gasteiger partial charge in [-0.05, 0) is 70.8 Å². The van der Waals surface area contributed by atoms with Crippen molar-refractivity contribution < 1.29 is 24.7 Å². The fraction of sp³-hybridized carbons (Fsp3) is 0.0204. The minimum Gasteiger partial charge on any atom is -0.505 e. The van der Waals surface area contributed by atoms with Crippen molar-refractivity contribution in [2.75, 3.05) is 0 Å². The molecule has 0 aliphatic carbocycles. The van der Waals surface area contributed by atoms with Crippen molar-refractivity contribution in [3.8, 4) is 22.6 Å². The van der Waals surface area contributed by atoms with Gasteiger partial charge in [0.15, 0.2) is 11.5 Å². The number of amides is 2. The summed E-state index contributed by atoms with van der Waals surface area (Å²) in [5, 5.41) is 61.8. The normalized spacial score (nSPS) is 11.7. The van der Waals surface area contributed by atoms with Crippen LogP contribution in [0, 0.1) is 17.0 Å². The number of phenolic OH excluding ortho intramolecular Hbond substituents is 2. The number of rotatable bonds is 12. The highest BCUT2D eigenvalue weighted by atomic mass is 35.5. The van der Waals surface area contributed by atoms with Gasteiger partial charge in [0.25, 0.3) is 17.5 Å². The van der Waals surface area contributed by atoms with Crippen LogP contribution < -0.4 is 10.9 Å². The van der Waals surface area contributed by atoms with Crippen LogP contribution in [0.4, 0.5) is 28.4 Å². The molecule has 0 saturated carbocycles. The molecule has 66 heavy (non-hydrogen) atoms. The van der Waals surface area contributed by atoms with Gasteiger partial charge in [-0.3, -0.25) is 19.7 Å². The number of carbonyl (C=O) groups excluding carboxylic acids is 2. The smallest absolute Gasteiger partial charge is 0.275 e. The molecule has 0 aromatic heterocycles. The maximum absolute atomic E-state index is 13.2. The second-order valence-electron chi connectivity index (χ2n) is 14.6. The molecule has 0 spiro atoms. The third kappa shape index (κ3) is 9.77. The molecule has 4 N–H and O–H groups in total. The Balaban J connectivity index is 1.00. The van der Waals surface area contributed by atoms with Gasteiger partial charge in [0, 0.05) is 28.5 Å². The van der Waals surface area contributed by atoms with Crippen molar-refractivity contribution in [3.63, 3.8) is 0 Å². The lowest BCUT2D eigenvalue weighted by molar-refractivity contribution is -0.384. The van der Waals surface area contributed by atoms with Crippen molar-refractivity contribution in [3.05, 3.63) is 194 Å². The summed E-state index contributed by atoms with van der Waals surface area (Å²) in [5.41, 5.74) is 8.69. The van der Waals surface area contributed by atoms with Gasteiger partial charge in [-0.1, -0.05) is 126 Å². The molecule has 324 valence electrons. The number of hydrogen-bond acceptors (Lipinski definition) is 12. The highest BCUT2D eigenvalue weighted by molar-refractivity contribution is 6.34. The van der Waals surface area contributed by atoms with E-state index in [0.717, 1.165) is 11.1 Å². The van der Waals surface area contributed by atoms with Gasteiger partial charge >= 0.3 is 0 Å². The zero-order valence-electron chi connectivity index (χ0n) is 34.4. The minimum atomic E-state index is -0.758. The van der Waals surface area contributed by atoms with Crippen LogP contribution in [0.1, 0.15) is 37.4 Å². The molecule has 8 aromatic carbocycles. The first-order valence-corrected chi connectivity index (χ1v) is 20.6. The average molecular weight is 915 g/mol. The summed E-state index contributed by atoms with van der Waals surface area (Å²) in [6.07, 6.45) is 2.75. The van der Waals surface area contributed by atoms with Gasteiger partial charge in [0.05, 0.1) is 38.5 Å². The van der Waals surface area contributed by atoms with Gasteiger partial charge in [-0.2, -0.15) is 10.2 Å². The van der Waals surface area contributed by atoms with Crippen LogP contribution in [0.15, 0.2) is 176 Å². The maximum Gasteiger partial charge on any atom is 0.275 e. The quantitative estimate of drug-likeness (QED) is 0.0404. The Bertz CT molecular complexity index is 3370. The van der Waals surface area contributed by atoms with E-state index in [1.54, 1.807) is 97.1 Å². The Morgan fingerprint density at radius 2 is 1.05 bits per heavy atom. The number of non-ortho nitro benzene ring substituents is 1. The summed E-state index contributed by atoms with van der Waals surface area (Å²) in [6.45, 7) is 1.95. The molecule has 0 radical (unpaired) electrons. The fourth-order valence-electron chi connectivity index (χ4n) is 6.85. The zero-order valence-corrected chi connectivity index (χ0v) is 35.9. The monoisotopic (exact) mass is 913 g/mol. The fourth-order valence-corrected chi connectivity index (χ4v) is 7.28. The van der Waals surface area contributed by atoms with E-state index in [1.807, 2.05) is 31.2 Å². The molecule has 0 bridgehead atoms. The number of aryl methyl sites for hydroxylation is 1. The number of fused-ring (bicyclic) bond motifs is 2. The average Bonchev–Trinajstić information content (AvgIpc) is 3.31. The first-order valence-electron chi connectivity index (χ1n) is 19.8. The minimum absolute atomic E-state index is 0.0111. The van der Waals surface area contributed by atoms with Gasteiger partial charge in [-0.25, -0.2) is 10.9 Å². The second-order valence-corrected chi connectivity index (χ2v) is 15.4. The predicted molar refractivity (Wildman–Crippen MR) is 256 cm³/mol. The summed E-state index contributed by atoms with van der Waals surface area (Å²) < 4.78 is 0. The number of aromatic hydroxyl groups is 2. The van der Waals surface area contributed by atoms with E-state index in [0.29, 0.717) is 38.2 Å². The van der Waals surface area contributed by atoms with Crippen LogP contribution in [0.5, 0.6) is 11.5 Å². The summed E-state index contributed by atoms with van der Waals surface area (Å²) in [7, 11) is 0. The number of nitro groups is 1. The molecule has 0 atom stereocenters. The SMILES string of the molecule is Cc1cccc(/C=N/NC(=O)c2cc3ccccc3c(N=Nc3ccc(-c4ccc(N=Nc5c(O)c(C(=O)N/N=C/c6cccc([N+](=O)[O-])c6)cc6ccccc56)c(Cl)c4)cc3Cl)c2O)c1. The Hall–Kier alpha value is -8.66. The van der Waals surface area contributed by atoms with E-state index >= 15 is 0 Å².